The van der Waals surface area contributed by atoms with Gasteiger partial charge in [0.05, 0.1) is 11.2 Å². The van der Waals surface area contributed by atoms with E-state index in [9.17, 15) is 4.79 Å². The molecule has 50 heavy (non-hydrogen) atoms. The van der Waals surface area contributed by atoms with Gasteiger partial charge in [-0.15, -0.1) is 0 Å². The molecule has 0 unspecified atom stereocenters. The Morgan fingerprint density at radius 2 is 1.06 bits per heavy atom. The van der Waals surface area contributed by atoms with E-state index in [1.54, 1.807) is 0 Å². The Labute approximate surface area is 289 Å². The lowest BCUT2D eigenvalue weighted by atomic mass is 9.87. The highest BCUT2D eigenvalue weighted by Crippen LogP contribution is 2.42. The van der Waals surface area contributed by atoms with Gasteiger partial charge in [0.2, 0.25) is 0 Å². The van der Waals surface area contributed by atoms with Crippen LogP contribution in [0.4, 0.5) is 0 Å². The molecule has 0 spiro atoms. The van der Waals surface area contributed by atoms with Gasteiger partial charge in [-0.1, -0.05) is 146 Å². The first kappa shape index (κ1) is 29.7. The van der Waals surface area contributed by atoms with Crippen molar-refractivity contribution in [2.75, 3.05) is 0 Å². The second kappa shape index (κ2) is 12.2. The summed E-state index contributed by atoms with van der Waals surface area (Å²) in [4.78, 5) is 29.4. The summed E-state index contributed by atoms with van der Waals surface area (Å²) >= 11 is 0. The number of pyridine rings is 1. The van der Waals surface area contributed by atoms with Gasteiger partial charge in [-0.05, 0) is 58.2 Å². The van der Waals surface area contributed by atoms with Crippen LogP contribution in [0, 0.1) is 0 Å². The Morgan fingerprint density at radius 1 is 0.540 bits per heavy atom. The van der Waals surface area contributed by atoms with E-state index in [4.69, 9.17) is 15.0 Å². The molecule has 5 heteroatoms. The molecule has 0 N–H and O–H groups in total. The molecule has 3 heterocycles. The molecule has 0 atom stereocenters. The molecule has 0 fully saturated rings. The highest BCUT2D eigenvalue weighted by atomic mass is 16.1. The van der Waals surface area contributed by atoms with Gasteiger partial charge in [-0.2, -0.15) is 0 Å². The smallest absolute Gasteiger partial charge is 0.263 e. The SMILES string of the molecule is CCC1=C(c2ccccc2)n2c(=O)c3ccccc3c3c(-c4cccc(-c5nc(-c6ccccc6)nc(-c6ccccc6)n5)c4)ccc(c32)C1. The number of aromatic nitrogens is 4. The van der Waals surface area contributed by atoms with E-state index in [-0.39, 0.29) is 5.56 Å². The van der Waals surface area contributed by atoms with Crippen LogP contribution >= 0.6 is 0 Å². The molecule has 6 aromatic carbocycles. The summed E-state index contributed by atoms with van der Waals surface area (Å²) in [5.74, 6) is 1.85. The maximum atomic E-state index is 14.5. The summed E-state index contributed by atoms with van der Waals surface area (Å²) in [7, 11) is 0. The predicted molar refractivity (Wildman–Crippen MR) is 204 cm³/mol. The maximum absolute atomic E-state index is 14.5. The van der Waals surface area contributed by atoms with Crippen molar-refractivity contribution in [3.8, 4) is 45.3 Å². The molecule has 8 aromatic rings. The van der Waals surface area contributed by atoms with Crippen molar-refractivity contribution in [2.24, 2.45) is 0 Å². The van der Waals surface area contributed by atoms with Crippen LogP contribution in [0.25, 0.3) is 72.7 Å². The molecule has 0 aliphatic carbocycles. The standard InChI is InChI=1S/C45H32N4O/c1-2-29-27-34-25-26-36(39-37-23-12-13-24-38(37)45(50)49(41(34)39)40(29)30-15-6-3-7-16-30)33-21-14-22-35(28-33)44-47-42(31-17-8-4-9-18-31)46-43(48-44)32-19-10-5-11-20-32/h3-26,28H,2,27H2,1H3. The second-order valence-corrected chi connectivity index (χ2v) is 12.6. The molecule has 1 aliphatic heterocycles. The first-order chi connectivity index (χ1) is 24.7. The monoisotopic (exact) mass is 644 g/mol. The third-order valence-electron chi connectivity index (χ3n) is 9.68. The average molecular weight is 645 g/mol. The van der Waals surface area contributed by atoms with Gasteiger partial charge in [0.25, 0.3) is 5.56 Å². The van der Waals surface area contributed by atoms with Crippen molar-refractivity contribution in [2.45, 2.75) is 19.8 Å². The van der Waals surface area contributed by atoms with E-state index in [0.29, 0.717) is 22.9 Å². The number of benzene rings is 6. The number of nitrogens with zero attached hydrogens (tertiary/aromatic N) is 4. The predicted octanol–water partition coefficient (Wildman–Crippen LogP) is 10.2. The van der Waals surface area contributed by atoms with Crippen LogP contribution in [0.3, 0.4) is 0 Å². The van der Waals surface area contributed by atoms with Crippen LogP contribution in [0.15, 0.2) is 162 Å². The lowest BCUT2D eigenvalue weighted by Crippen LogP contribution is -2.26. The lowest BCUT2D eigenvalue weighted by Gasteiger charge is -2.28. The van der Waals surface area contributed by atoms with Gasteiger partial charge < -0.3 is 0 Å². The lowest BCUT2D eigenvalue weighted by molar-refractivity contribution is 0.931. The molecular weight excluding hydrogens is 613 g/mol. The van der Waals surface area contributed by atoms with E-state index in [0.717, 1.165) is 73.8 Å². The fourth-order valence-corrected chi connectivity index (χ4v) is 7.33. The second-order valence-electron chi connectivity index (χ2n) is 12.6. The van der Waals surface area contributed by atoms with Crippen molar-refractivity contribution < 1.29 is 0 Å². The Balaban J connectivity index is 1.29. The molecule has 5 nitrogen and oxygen atoms in total. The van der Waals surface area contributed by atoms with Crippen LogP contribution < -0.4 is 5.56 Å². The van der Waals surface area contributed by atoms with E-state index in [1.165, 1.54) is 5.57 Å². The fourth-order valence-electron chi connectivity index (χ4n) is 7.33. The summed E-state index contributed by atoms with van der Waals surface area (Å²) in [5.41, 5.74) is 10.3. The molecule has 0 saturated heterocycles. The van der Waals surface area contributed by atoms with E-state index >= 15 is 0 Å². The van der Waals surface area contributed by atoms with Crippen LogP contribution in [0.1, 0.15) is 24.5 Å². The van der Waals surface area contributed by atoms with Crippen LogP contribution in [-0.4, -0.2) is 19.5 Å². The molecular formula is C45H32N4O. The quantitative estimate of drug-likeness (QED) is 0.169. The van der Waals surface area contributed by atoms with Crippen LogP contribution in [-0.2, 0) is 6.42 Å². The number of hydrogen-bond donors (Lipinski definition) is 0. The molecule has 238 valence electrons. The number of hydrogen-bond acceptors (Lipinski definition) is 4. The minimum absolute atomic E-state index is 0.0109. The van der Waals surface area contributed by atoms with Crippen molar-refractivity contribution in [3.05, 3.63) is 179 Å². The summed E-state index contributed by atoms with van der Waals surface area (Å²) < 4.78 is 1.99. The zero-order valence-electron chi connectivity index (χ0n) is 27.5. The van der Waals surface area contributed by atoms with E-state index in [1.807, 2.05) is 102 Å². The molecule has 0 radical (unpaired) electrons. The highest BCUT2D eigenvalue weighted by Gasteiger charge is 2.26. The first-order valence-corrected chi connectivity index (χ1v) is 17.0. The largest absolute Gasteiger partial charge is 0.275 e. The Kier molecular flexibility index (Phi) is 7.24. The fraction of sp³-hybridized carbons (Fsp3) is 0.0667. The topological polar surface area (TPSA) is 60.7 Å². The number of rotatable bonds is 6. The Hall–Kier alpha value is -6.46. The maximum Gasteiger partial charge on any atom is 0.263 e. The summed E-state index contributed by atoms with van der Waals surface area (Å²) in [6.07, 6.45) is 1.65. The Bertz CT molecular complexity index is 2600. The minimum Gasteiger partial charge on any atom is -0.275 e. The van der Waals surface area contributed by atoms with Crippen molar-refractivity contribution in [1.82, 2.24) is 19.5 Å². The van der Waals surface area contributed by atoms with Crippen molar-refractivity contribution >= 4 is 27.4 Å². The van der Waals surface area contributed by atoms with Gasteiger partial charge in [-0.25, -0.2) is 15.0 Å². The van der Waals surface area contributed by atoms with Crippen molar-refractivity contribution in [3.63, 3.8) is 0 Å². The van der Waals surface area contributed by atoms with E-state index < -0.39 is 0 Å². The van der Waals surface area contributed by atoms with Gasteiger partial charge in [0, 0.05) is 27.5 Å². The van der Waals surface area contributed by atoms with Gasteiger partial charge in [0.1, 0.15) is 0 Å². The zero-order chi connectivity index (χ0) is 33.6. The van der Waals surface area contributed by atoms with Crippen LogP contribution in [0.2, 0.25) is 0 Å². The Morgan fingerprint density at radius 3 is 1.68 bits per heavy atom. The molecule has 2 aromatic heterocycles. The van der Waals surface area contributed by atoms with Gasteiger partial charge in [0.15, 0.2) is 17.5 Å². The molecule has 0 amide bonds. The molecule has 0 bridgehead atoms. The molecule has 1 aliphatic rings. The van der Waals surface area contributed by atoms with Gasteiger partial charge in [-0.3, -0.25) is 9.36 Å². The van der Waals surface area contributed by atoms with Crippen LogP contribution in [0.5, 0.6) is 0 Å². The van der Waals surface area contributed by atoms with Crippen molar-refractivity contribution in [1.29, 1.82) is 0 Å². The summed E-state index contributed by atoms with van der Waals surface area (Å²) in [6.45, 7) is 2.18. The number of allylic oxidation sites excluding steroid dienone is 1. The highest BCUT2D eigenvalue weighted by molar-refractivity contribution is 6.15. The third kappa shape index (κ3) is 4.94. The molecule has 9 rings (SSSR count). The van der Waals surface area contributed by atoms with E-state index in [2.05, 4.69) is 61.5 Å². The first-order valence-electron chi connectivity index (χ1n) is 17.0. The average Bonchev–Trinajstić information content (AvgIpc) is 3.20. The summed E-state index contributed by atoms with van der Waals surface area (Å²) in [5, 5.41) is 2.73. The normalized spacial score (nSPS) is 12.5. The van der Waals surface area contributed by atoms with Gasteiger partial charge >= 0.3 is 0 Å². The third-order valence-corrected chi connectivity index (χ3v) is 9.68. The molecule has 0 saturated carbocycles. The number of fused-ring (bicyclic) bond motifs is 2. The zero-order valence-corrected chi connectivity index (χ0v) is 27.5. The summed E-state index contributed by atoms with van der Waals surface area (Å²) in [6, 6.07) is 51.3. The minimum atomic E-state index is 0.0109.